The van der Waals surface area contributed by atoms with Gasteiger partial charge >= 0.3 is 0 Å². The number of hydrogen-bond acceptors (Lipinski definition) is 2. The van der Waals surface area contributed by atoms with Crippen molar-refractivity contribution in [3.8, 4) is 0 Å². The standard InChI is InChI=1S/C18H36N2/c1-4-6-8-9-11-14-20(13-10-7-5-2)17-18-12-15-19(3)16-18/h5,18H,2,4,6-17H2,1,3H3. The molecule has 0 aromatic carbocycles. The Labute approximate surface area is 127 Å². The van der Waals surface area contributed by atoms with Gasteiger partial charge in [-0.25, -0.2) is 0 Å². The lowest BCUT2D eigenvalue weighted by Crippen LogP contribution is -2.32. The second kappa shape index (κ2) is 11.3. The lowest BCUT2D eigenvalue weighted by atomic mass is 10.1. The van der Waals surface area contributed by atoms with E-state index in [1.165, 1.54) is 77.7 Å². The fourth-order valence-corrected chi connectivity index (χ4v) is 3.23. The lowest BCUT2D eigenvalue weighted by molar-refractivity contribution is 0.223. The zero-order valence-electron chi connectivity index (χ0n) is 13.9. The molecule has 1 aliphatic rings. The molecule has 0 aromatic heterocycles. The Morgan fingerprint density at radius 1 is 1.15 bits per heavy atom. The molecule has 2 nitrogen and oxygen atoms in total. The fourth-order valence-electron chi connectivity index (χ4n) is 3.23. The van der Waals surface area contributed by atoms with E-state index in [0.29, 0.717) is 0 Å². The van der Waals surface area contributed by atoms with Crippen molar-refractivity contribution in [3.05, 3.63) is 12.7 Å². The van der Waals surface area contributed by atoms with Crippen molar-refractivity contribution in [1.82, 2.24) is 9.80 Å². The highest BCUT2D eigenvalue weighted by Crippen LogP contribution is 2.16. The maximum Gasteiger partial charge on any atom is 0.00224 e. The van der Waals surface area contributed by atoms with Crippen LogP contribution in [0.5, 0.6) is 0 Å². The van der Waals surface area contributed by atoms with Gasteiger partial charge in [-0.2, -0.15) is 0 Å². The van der Waals surface area contributed by atoms with Crippen molar-refractivity contribution in [1.29, 1.82) is 0 Å². The van der Waals surface area contributed by atoms with Crippen LogP contribution in [0.4, 0.5) is 0 Å². The monoisotopic (exact) mass is 280 g/mol. The molecule has 1 rings (SSSR count). The summed E-state index contributed by atoms with van der Waals surface area (Å²) < 4.78 is 0. The van der Waals surface area contributed by atoms with Crippen molar-refractivity contribution in [2.75, 3.05) is 39.8 Å². The largest absolute Gasteiger partial charge is 0.306 e. The lowest BCUT2D eigenvalue weighted by Gasteiger charge is -2.25. The van der Waals surface area contributed by atoms with Gasteiger partial charge in [0.25, 0.3) is 0 Å². The molecule has 0 spiro atoms. The van der Waals surface area contributed by atoms with Crippen molar-refractivity contribution >= 4 is 0 Å². The molecule has 0 N–H and O–H groups in total. The van der Waals surface area contributed by atoms with Crippen LogP contribution >= 0.6 is 0 Å². The first kappa shape index (κ1) is 17.7. The SMILES string of the molecule is C=CCCCN(CCCCCCC)CC1CCN(C)C1. The maximum absolute atomic E-state index is 3.84. The minimum Gasteiger partial charge on any atom is -0.306 e. The first-order chi connectivity index (χ1) is 9.76. The molecule has 0 saturated carbocycles. The molecular formula is C18H36N2. The molecule has 118 valence electrons. The van der Waals surface area contributed by atoms with Crippen LogP contribution in [0.15, 0.2) is 12.7 Å². The third-order valence-electron chi connectivity index (χ3n) is 4.47. The zero-order valence-corrected chi connectivity index (χ0v) is 13.9. The molecule has 1 aliphatic heterocycles. The Morgan fingerprint density at radius 3 is 2.55 bits per heavy atom. The van der Waals surface area contributed by atoms with Crippen LogP contribution in [0.2, 0.25) is 0 Å². The van der Waals surface area contributed by atoms with Crippen LogP contribution in [0.25, 0.3) is 0 Å². The minimum absolute atomic E-state index is 0.902. The summed E-state index contributed by atoms with van der Waals surface area (Å²) in [5.41, 5.74) is 0. The molecule has 0 radical (unpaired) electrons. The molecule has 1 heterocycles. The summed E-state index contributed by atoms with van der Waals surface area (Å²) in [5, 5.41) is 0. The number of allylic oxidation sites excluding steroid dienone is 1. The van der Waals surface area contributed by atoms with Crippen molar-refractivity contribution in [2.45, 2.75) is 58.3 Å². The first-order valence-corrected chi connectivity index (χ1v) is 8.78. The van der Waals surface area contributed by atoms with Gasteiger partial charge in [0.1, 0.15) is 0 Å². The van der Waals surface area contributed by atoms with Gasteiger partial charge in [0.15, 0.2) is 0 Å². The van der Waals surface area contributed by atoms with Crippen molar-refractivity contribution in [2.24, 2.45) is 5.92 Å². The van der Waals surface area contributed by atoms with Crippen LogP contribution in [-0.2, 0) is 0 Å². The Balaban J connectivity index is 2.21. The van der Waals surface area contributed by atoms with Crippen LogP contribution in [0.1, 0.15) is 58.3 Å². The topological polar surface area (TPSA) is 6.48 Å². The summed E-state index contributed by atoms with van der Waals surface area (Å²) in [6, 6.07) is 0. The van der Waals surface area contributed by atoms with Gasteiger partial charge in [0.2, 0.25) is 0 Å². The molecule has 1 saturated heterocycles. The Morgan fingerprint density at radius 2 is 1.90 bits per heavy atom. The first-order valence-electron chi connectivity index (χ1n) is 8.78. The molecule has 0 amide bonds. The van der Waals surface area contributed by atoms with Crippen LogP contribution in [-0.4, -0.2) is 49.6 Å². The van der Waals surface area contributed by atoms with Crippen LogP contribution < -0.4 is 0 Å². The highest BCUT2D eigenvalue weighted by Gasteiger charge is 2.21. The number of hydrogen-bond donors (Lipinski definition) is 0. The molecule has 2 heteroatoms. The predicted molar refractivity (Wildman–Crippen MR) is 90.2 cm³/mol. The molecule has 20 heavy (non-hydrogen) atoms. The third kappa shape index (κ3) is 8.06. The second-order valence-electron chi connectivity index (χ2n) is 6.56. The Kier molecular flexibility index (Phi) is 10.0. The van der Waals surface area contributed by atoms with E-state index in [4.69, 9.17) is 0 Å². The van der Waals surface area contributed by atoms with E-state index in [9.17, 15) is 0 Å². The normalized spacial score (nSPS) is 19.9. The summed E-state index contributed by atoms with van der Waals surface area (Å²) in [6.45, 7) is 12.6. The van der Waals surface area contributed by atoms with Gasteiger partial charge in [-0.3, -0.25) is 0 Å². The average Bonchev–Trinajstić information content (AvgIpc) is 2.84. The van der Waals surface area contributed by atoms with E-state index in [1.807, 2.05) is 0 Å². The number of nitrogens with zero attached hydrogens (tertiary/aromatic N) is 2. The van der Waals surface area contributed by atoms with Crippen molar-refractivity contribution < 1.29 is 0 Å². The second-order valence-corrected chi connectivity index (χ2v) is 6.56. The van der Waals surface area contributed by atoms with E-state index >= 15 is 0 Å². The summed E-state index contributed by atoms with van der Waals surface area (Å²) in [7, 11) is 2.26. The molecule has 1 atom stereocenters. The average molecular weight is 280 g/mol. The fraction of sp³-hybridized carbons (Fsp3) is 0.889. The summed E-state index contributed by atoms with van der Waals surface area (Å²) >= 11 is 0. The van der Waals surface area contributed by atoms with Gasteiger partial charge in [-0.15, -0.1) is 6.58 Å². The Hall–Kier alpha value is -0.340. The van der Waals surface area contributed by atoms with Gasteiger partial charge in [-0.1, -0.05) is 38.7 Å². The highest BCUT2D eigenvalue weighted by atomic mass is 15.2. The number of likely N-dealkylation sites (tertiary alicyclic amines) is 1. The highest BCUT2D eigenvalue weighted by molar-refractivity contribution is 4.77. The predicted octanol–water partition coefficient (Wildman–Crippen LogP) is 4.18. The van der Waals surface area contributed by atoms with E-state index in [2.05, 4.69) is 36.4 Å². The number of unbranched alkanes of at least 4 members (excludes halogenated alkanes) is 5. The minimum atomic E-state index is 0.902. The van der Waals surface area contributed by atoms with Gasteiger partial charge in [0.05, 0.1) is 0 Å². The van der Waals surface area contributed by atoms with Gasteiger partial charge in [-0.05, 0) is 58.3 Å². The molecule has 0 bridgehead atoms. The van der Waals surface area contributed by atoms with Crippen LogP contribution in [0, 0.1) is 5.92 Å². The van der Waals surface area contributed by atoms with Crippen LogP contribution in [0.3, 0.4) is 0 Å². The summed E-state index contributed by atoms with van der Waals surface area (Å²) in [6.07, 6.45) is 12.9. The van der Waals surface area contributed by atoms with E-state index < -0.39 is 0 Å². The molecule has 1 unspecified atom stereocenters. The zero-order chi connectivity index (χ0) is 14.6. The third-order valence-corrected chi connectivity index (χ3v) is 4.47. The van der Waals surface area contributed by atoms with E-state index in [0.717, 1.165) is 12.3 Å². The van der Waals surface area contributed by atoms with E-state index in [-0.39, 0.29) is 0 Å². The molecule has 0 aromatic rings. The summed E-state index contributed by atoms with van der Waals surface area (Å²) in [5.74, 6) is 0.902. The Bertz CT molecular complexity index is 240. The smallest absolute Gasteiger partial charge is 0.00224 e. The molecule has 1 fully saturated rings. The molecule has 0 aliphatic carbocycles. The maximum atomic E-state index is 3.84. The van der Waals surface area contributed by atoms with Gasteiger partial charge in [0, 0.05) is 13.1 Å². The van der Waals surface area contributed by atoms with Crippen molar-refractivity contribution in [3.63, 3.8) is 0 Å². The summed E-state index contributed by atoms with van der Waals surface area (Å²) in [4.78, 5) is 5.20. The molecular weight excluding hydrogens is 244 g/mol. The van der Waals surface area contributed by atoms with E-state index in [1.54, 1.807) is 0 Å². The quantitative estimate of drug-likeness (QED) is 0.391. The van der Waals surface area contributed by atoms with Gasteiger partial charge < -0.3 is 9.80 Å². The number of rotatable bonds is 12.